The first-order valence-electron chi connectivity index (χ1n) is 4.16. The van der Waals surface area contributed by atoms with Gasteiger partial charge in [-0.05, 0) is 13.8 Å². The van der Waals surface area contributed by atoms with Gasteiger partial charge in [0.1, 0.15) is 11.7 Å². The van der Waals surface area contributed by atoms with E-state index in [-0.39, 0.29) is 6.42 Å². The van der Waals surface area contributed by atoms with Crippen LogP contribution in [0.2, 0.25) is 0 Å². The Bertz CT molecular complexity index is 299. The molecular formula is C8H10F2O5. The Labute approximate surface area is 84.0 Å². The van der Waals surface area contributed by atoms with Crippen LogP contribution in [0.25, 0.3) is 0 Å². The zero-order chi connectivity index (χ0) is 11.9. The second kappa shape index (κ2) is 3.41. The highest BCUT2D eigenvalue weighted by atomic mass is 19.3. The Morgan fingerprint density at radius 1 is 1.67 bits per heavy atom. The monoisotopic (exact) mass is 224 g/mol. The molecule has 15 heavy (non-hydrogen) atoms. The van der Waals surface area contributed by atoms with Crippen LogP contribution in [0.15, 0.2) is 0 Å². The molecule has 0 radical (unpaired) electrons. The molecular weight excluding hydrogens is 214 g/mol. The maximum absolute atomic E-state index is 12.7. The first-order valence-corrected chi connectivity index (χ1v) is 4.16. The molecule has 1 aliphatic heterocycles. The van der Waals surface area contributed by atoms with E-state index in [1.165, 1.54) is 13.8 Å². The summed E-state index contributed by atoms with van der Waals surface area (Å²) < 4.78 is 34.1. The molecule has 1 rings (SSSR count). The minimum atomic E-state index is -4.31. The molecule has 0 aromatic rings. The summed E-state index contributed by atoms with van der Waals surface area (Å²) in [5, 5.41) is 8.14. The fourth-order valence-corrected chi connectivity index (χ4v) is 1.21. The van der Waals surface area contributed by atoms with Gasteiger partial charge >= 0.3 is 18.0 Å². The van der Waals surface area contributed by atoms with Crippen molar-refractivity contribution in [3.8, 4) is 0 Å². The van der Waals surface area contributed by atoms with Crippen LogP contribution < -0.4 is 0 Å². The Hall–Kier alpha value is -1.24. The summed E-state index contributed by atoms with van der Waals surface area (Å²) in [4.78, 5) is 20.9. The Kier molecular flexibility index (Phi) is 2.69. The summed E-state index contributed by atoms with van der Waals surface area (Å²) in [6.07, 6.45) is -5.96. The number of hydrogen-bond donors (Lipinski definition) is 1. The number of carboxylic acids is 1. The number of carbonyl (C=O) groups is 2. The molecule has 1 N–H and O–H groups in total. The van der Waals surface area contributed by atoms with Gasteiger partial charge in [0.2, 0.25) is 0 Å². The molecule has 0 aromatic heterocycles. The van der Waals surface area contributed by atoms with Crippen LogP contribution in [0.3, 0.4) is 0 Å². The van der Waals surface area contributed by atoms with Crippen molar-refractivity contribution in [2.45, 2.75) is 38.1 Å². The van der Waals surface area contributed by atoms with E-state index in [0.29, 0.717) is 0 Å². The first-order chi connectivity index (χ1) is 6.65. The van der Waals surface area contributed by atoms with Crippen LogP contribution in [-0.2, 0) is 19.1 Å². The molecule has 5 nitrogen and oxygen atoms in total. The molecule has 1 aliphatic rings. The van der Waals surface area contributed by atoms with Crippen molar-refractivity contribution >= 4 is 11.9 Å². The minimum Gasteiger partial charge on any atom is -0.475 e. The predicted octanol–water partition coefficient (Wildman–Crippen LogP) is 0.775. The number of carboxylic acid groups (broad SMARTS) is 1. The lowest BCUT2D eigenvalue weighted by molar-refractivity contribution is -0.274. The Morgan fingerprint density at radius 2 is 2.20 bits per heavy atom. The molecule has 86 valence electrons. The van der Waals surface area contributed by atoms with Gasteiger partial charge in [0.05, 0.1) is 6.42 Å². The van der Waals surface area contributed by atoms with Crippen LogP contribution in [0.1, 0.15) is 20.3 Å². The third-order valence-electron chi connectivity index (χ3n) is 2.04. The van der Waals surface area contributed by atoms with Gasteiger partial charge < -0.3 is 14.6 Å². The third kappa shape index (κ3) is 2.41. The lowest BCUT2D eigenvalue weighted by Gasteiger charge is -2.26. The van der Waals surface area contributed by atoms with E-state index < -0.39 is 29.8 Å². The minimum absolute atomic E-state index is 0.379. The summed E-state index contributed by atoms with van der Waals surface area (Å²) in [5.41, 5.74) is -1.24. The summed E-state index contributed by atoms with van der Waals surface area (Å²) in [6, 6.07) is 0. The lowest BCUT2D eigenvalue weighted by Crippen LogP contribution is -2.43. The smallest absolute Gasteiger partial charge is 0.456 e. The average Bonchev–Trinajstić information content (AvgIpc) is 2.23. The predicted molar refractivity (Wildman–Crippen MR) is 42.2 cm³/mol. The Balaban J connectivity index is 2.75. The van der Waals surface area contributed by atoms with E-state index in [9.17, 15) is 18.4 Å². The molecule has 1 fully saturated rings. The largest absolute Gasteiger partial charge is 0.475 e. The van der Waals surface area contributed by atoms with Crippen molar-refractivity contribution in [1.82, 2.24) is 0 Å². The van der Waals surface area contributed by atoms with Gasteiger partial charge in [-0.1, -0.05) is 0 Å². The molecule has 1 unspecified atom stereocenters. The van der Waals surface area contributed by atoms with E-state index >= 15 is 0 Å². The molecule has 7 heteroatoms. The molecule has 0 saturated carbocycles. The van der Waals surface area contributed by atoms with Crippen molar-refractivity contribution in [2.24, 2.45) is 0 Å². The van der Waals surface area contributed by atoms with E-state index in [4.69, 9.17) is 9.84 Å². The highest BCUT2D eigenvalue weighted by Gasteiger charge is 2.51. The van der Waals surface area contributed by atoms with Gasteiger partial charge in [-0.25, -0.2) is 4.79 Å². The second-order valence-electron chi connectivity index (χ2n) is 3.71. The zero-order valence-electron chi connectivity index (χ0n) is 8.12. The highest BCUT2D eigenvalue weighted by Crippen LogP contribution is 2.33. The van der Waals surface area contributed by atoms with Gasteiger partial charge in [-0.2, -0.15) is 8.78 Å². The molecule has 1 saturated heterocycles. The normalized spacial score (nSPS) is 25.1. The number of carbonyl (C=O) groups excluding carboxylic acids is 1. The van der Waals surface area contributed by atoms with Gasteiger partial charge in [0.15, 0.2) is 0 Å². The standard InChI is InChI=1S/C8H10F2O5/c1-7(2)4(3-5(11)15-7)14-8(9,10)6(12)13/h4H,3H2,1-2H3,(H,12,13). The number of hydrogen-bond acceptors (Lipinski definition) is 4. The van der Waals surface area contributed by atoms with Crippen LogP contribution in [0, 0.1) is 0 Å². The summed E-state index contributed by atoms with van der Waals surface area (Å²) in [7, 11) is 0. The van der Waals surface area contributed by atoms with Crippen LogP contribution in [0.4, 0.5) is 8.78 Å². The van der Waals surface area contributed by atoms with E-state index in [1.54, 1.807) is 0 Å². The number of aliphatic carboxylic acids is 1. The van der Waals surface area contributed by atoms with Crippen LogP contribution >= 0.6 is 0 Å². The fraction of sp³-hybridized carbons (Fsp3) is 0.750. The second-order valence-corrected chi connectivity index (χ2v) is 3.71. The zero-order valence-corrected chi connectivity index (χ0v) is 8.12. The maximum atomic E-state index is 12.7. The van der Waals surface area contributed by atoms with Gasteiger partial charge in [0.25, 0.3) is 0 Å². The van der Waals surface area contributed by atoms with E-state index in [1.807, 2.05) is 0 Å². The van der Waals surface area contributed by atoms with E-state index in [2.05, 4.69) is 4.74 Å². The molecule has 0 bridgehead atoms. The van der Waals surface area contributed by atoms with Crippen molar-refractivity contribution < 1.29 is 33.0 Å². The molecule has 0 aliphatic carbocycles. The van der Waals surface area contributed by atoms with Crippen LogP contribution in [-0.4, -0.2) is 34.9 Å². The van der Waals surface area contributed by atoms with Crippen LogP contribution in [0.5, 0.6) is 0 Å². The number of alkyl halides is 2. The Morgan fingerprint density at radius 3 is 2.53 bits per heavy atom. The SMILES string of the molecule is CC1(C)OC(=O)CC1OC(F)(F)C(=O)O. The molecule has 0 amide bonds. The third-order valence-corrected chi connectivity index (χ3v) is 2.04. The highest BCUT2D eigenvalue weighted by molar-refractivity contribution is 5.75. The lowest BCUT2D eigenvalue weighted by atomic mass is 10.0. The van der Waals surface area contributed by atoms with Gasteiger partial charge in [-0.3, -0.25) is 4.79 Å². The summed E-state index contributed by atoms with van der Waals surface area (Å²) >= 11 is 0. The van der Waals surface area contributed by atoms with Gasteiger partial charge in [0, 0.05) is 0 Å². The average molecular weight is 224 g/mol. The first kappa shape index (κ1) is 11.8. The molecule has 1 atom stereocenters. The van der Waals surface area contributed by atoms with Crippen molar-refractivity contribution in [1.29, 1.82) is 0 Å². The summed E-state index contributed by atoms with van der Waals surface area (Å²) in [6.45, 7) is 2.75. The fourth-order valence-electron chi connectivity index (χ4n) is 1.21. The number of esters is 1. The van der Waals surface area contributed by atoms with E-state index in [0.717, 1.165) is 0 Å². The number of ether oxygens (including phenoxy) is 2. The van der Waals surface area contributed by atoms with Gasteiger partial charge in [-0.15, -0.1) is 0 Å². The number of halogens is 2. The maximum Gasteiger partial charge on any atom is 0.456 e. The quantitative estimate of drug-likeness (QED) is 0.717. The summed E-state index contributed by atoms with van der Waals surface area (Å²) in [5.74, 6) is -3.08. The van der Waals surface area contributed by atoms with Crippen molar-refractivity contribution in [3.63, 3.8) is 0 Å². The van der Waals surface area contributed by atoms with Crippen molar-refractivity contribution in [3.05, 3.63) is 0 Å². The molecule has 0 spiro atoms. The molecule has 0 aromatic carbocycles. The number of rotatable bonds is 3. The topological polar surface area (TPSA) is 72.8 Å². The number of cyclic esters (lactones) is 1. The van der Waals surface area contributed by atoms with Crippen molar-refractivity contribution in [2.75, 3.05) is 0 Å². The molecule has 1 heterocycles.